The van der Waals surface area contributed by atoms with Gasteiger partial charge in [-0.1, -0.05) is 65.9 Å². The molecule has 3 nitrogen and oxygen atoms in total. The molecule has 0 saturated carbocycles. The molecule has 0 spiro atoms. The molecule has 3 aromatic carbocycles. The first-order valence-corrected chi connectivity index (χ1v) is 10.1. The maximum atomic E-state index is 6.14. The van der Waals surface area contributed by atoms with Gasteiger partial charge in [-0.3, -0.25) is 5.73 Å². The van der Waals surface area contributed by atoms with E-state index in [1.54, 1.807) is 11.3 Å². The van der Waals surface area contributed by atoms with Crippen molar-refractivity contribution >= 4 is 27.4 Å². The lowest BCUT2D eigenvalue weighted by Crippen LogP contribution is -3.00. The molecule has 0 amide bonds. The summed E-state index contributed by atoms with van der Waals surface area (Å²) in [7, 11) is 0. The van der Waals surface area contributed by atoms with Crippen molar-refractivity contribution in [2.24, 2.45) is 0 Å². The molecule has 0 saturated heterocycles. The van der Waals surface area contributed by atoms with Gasteiger partial charge < -0.3 is 28.4 Å². The number of hydrogen-bond acceptors (Lipinski definition) is 3. The summed E-state index contributed by atoms with van der Waals surface area (Å²) in [5, 5.41) is 1.90. The number of hydrogen-bond donors (Lipinski definition) is 1. The van der Waals surface area contributed by atoms with E-state index >= 15 is 0 Å². The fraction of sp³-hybridized carbons (Fsp3) is 0.0417. The van der Waals surface area contributed by atoms with Gasteiger partial charge in [-0.15, -0.1) is 0 Å². The summed E-state index contributed by atoms with van der Waals surface area (Å²) < 4.78 is 6.14. The summed E-state index contributed by atoms with van der Waals surface area (Å²) in [6.45, 7) is 0. The molecule has 29 heavy (non-hydrogen) atoms. The van der Waals surface area contributed by atoms with Crippen molar-refractivity contribution in [1.82, 2.24) is 0 Å². The van der Waals surface area contributed by atoms with Crippen LogP contribution in [0.1, 0.15) is 10.4 Å². The van der Waals surface area contributed by atoms with Crippen molar-refractivity contribution in [1.29, 1.82) is 0 Å². The van der Waals surface area contributed by atoms with Crippen LogP contribution in [0.15, 0.2) is 77.2 Å². The molecule has 142 valence electrons. The third-order valence-electron chi connectivity index (χ3n) is 5.41. The largest absolute Gasteiger partial charge is 1.00 e. The number of nitrogen functional groups attached to an aromatic ring is 1. The van der Waals surface area contributed by atoms with Crippen LogP contribution in [0.25, 0.3) is 44.7 Å². The summed E-state index contributed by atoms with van der Waals surface area (Å²) >= 11 is 1.64. The van der Waals surface area contributed by atoms with Crippen molar-refractivity contribution in [2.45, 2.75) is 6.42 Å². The van der Waals surface area contributed by atoms with Gasteiger partial charge in [-0.2, -0.15) is 0 Å². The van der Waals surface area contributed by atoms with Crippen LogP contribution in [0, 0.1) is 0 Å². The number of aromatic amines is 1. The molecule has 5 heteroatoms. The number of anilines is 1. The molecule has 3 N–H and O–H groups in total. The molecule has 6 rings (SSSR count). The highest BCUT2D eigenvalue weighted by Crippen LogP contribution is 2.41. The number of thiazole rings is 1. The van der Waals surface area contributed by atoms with E-state index in [-0.39, 0.29) is 24.0 Å². The lowest BCUT2D eigenvalue weighted by molar-refractivity contribution is -0.340. The third-order valence-corrected chi connectivity index (χ3v) is 6.33. The van der Waals surface area contributed by atoms with Crippen molar-refractivity contribution in [3.8, 4) is 33.7 Å². The molecule has 1 aliphatic carbocycles. The second-order valence-electron chi connectivity index (χ2n) is 7.13. The van der Waals surface area contributed by atoms with E-state index in [9.17, 15) is 0 Å². The molecule has 0 bridgehead atoms. The molecule has 0 atom stereocenters. The highest BCUT2D eigenvalue weighted by molar-refractivity contribution is 7.15. The molecule has 0 fully saturated rings. The van der Waals surface area contributed by atoms with Crippen molar-refractivity contribution in [3.63, 3.8) is 0 Å². The number of para-hydroxylation sites is 1. The van der Waals surface area contributed by atoms with E-state index in [4.69, 9.17) is 10.2 Å². The van der Waals surface area contributed by atoms with E-state index in [0.29, 0.717) is 0 Å². The molecule has 0 aliphatic heterocycles. The van der Waals surface area contributed by atoms with Crippen LogP contribution in [-0.2, 0) is 6.42 Å². The lowest BCUT2D eigenvalue weighted by Gasteiger charge is -2.09. The highest BCUT2D eigenvalue weighted by atomic mass is 127. The predicted octanol–water partition coefficient (Wildman–Crippen LogP) is 2.80. The topological polar surface area (TPSA) is 53.3 Å². The second kappa shape index (κ2) is 7.00. The summed E-state index contributed by atoms with van der Waals surface area (Å²) in [4.78, 5) is 4.62. The van der Waals surface area contributed by atoms with Crippen LogP contribution in [-0.4, -0.2) is 0 Å². The quantitative estimate of drug-likeness (QED) is 0.366. The number of furan rings is 1. The number of halogens is 1. The molecule has 1 aliphatic rings. The zero-order valence-corrected chi connectivity index (χ0v) is 18.4. The van der Waals surface area contributed by atoms with Gasteiger partial charge >= 0.3 is 5.13 Å². The Kier molecular flexibility index (Phi) is 4.44. The first kappa shape index (κ1) is 18.4. The van der Waals surface area contributed by atoms with Crippen LogP contribution in [0.2, 0.25) is 0 Å². The van der Waals surface area contributed by atoms with Gasteiger partial charge in [0.05, 0.1) is 4.88 Å². The zero-order valence-electron chi connectivity index (χ0n) is 15.4. The van der Waals surface area contributed by atoms with E-state index in [2.05, 4.69) is 59.6 Å². The standard InChI is InChI=1S/C24H16N2OS.HI/c25-24-26-23-18-10-9-14(11-16(18)13-22(23)28-24)17-6-2-3-7-19(17)21-12-15-5-1-4-8-20(15)27-21;/h1-12H,13H2,(H2,25,26);1H. The fourth-order valence-electron chi connectivity index (χ4n) is 4.13. The van der Waals surface area contributed by atoms with E-state index in [1.807, 2.05) is 18.2 Å². The smallest absolute Gasteiger partial charge is 0.330 e. The number of benzene rings is 3. The zero-order chi connectivity index (χ0) is 18.7. The Balaban J connectivity index is 0.00000181. The van der Waals surface area contributed by atoms with Crippen LogP contribution >= 0.6 is 11.3 Å². The minimum atomic E-state index is 0. The van der Waals surface area contributed by atoms with Gasteiger partial charge in [-0.05, 0) is 34.9 Å². The Hall–Kier alpha value is -2.64. The molecule has 0 radical (unpaired) electrons. The van der Waals surface area contributed by atoms with Gasteiger partial charge in [-0.25, -0.2) is 4.98 Å². The minimum Gasteiger partial charge on any atom is -1.00 e. The predicted molar refractivity (Wildman–Crippen MR) is 114 cm³/mol. The van der Waals surface area contributed by atoms with Gasteiger partial charge in [0.2, 0.25) is 0 Å². The molecular weight excluding hydrogens is 491 g/mol. The summed E-state index contributed by atoms with van der Waals surface area (Å²) in [5.74, 6) is 0.900. The van der Waals surface area contributed by atoms with Crippen molar-refractivity contribution in [2.75, 3.05) is 5.73 Å². The number of nitrogens with two attached hydrogens (primary N) is 1. The number of nitrogens with one attached hydrogen (secondary N) is 1. The van der Waals surface area contributed by atoms with Crippen LogP contribution < -0.4 is 34.7 Å². The molecular formula is C24H17IN2OS. The second-order valence-corrected chi connectivity index (χ2v) is 8.27. The van der Waals surface area contributed by atoms with Crippen LogP contribution in [0.5, 0.6) is 0 Å². The van der Waals surface area contributed by atoms with Gasteiger partial charge in [0, 0.05) is 22.9 Å². The summed E-state index contributed by atoms with van der Waals surface area (Å²) in [5.41, 5.74) is 14.1. The minimum absolute atomic E-state index is 0. The highest BCUT2D eigenvalue weighted by Gasteiger charge is 2.26. The maximum absolute atomic E-state index is 6.14. The lowest BCUT2D eigenvalue weighted by atomic mass is 9.95. The van der Waals surface area contributed by atoms with Crippen molar-refractivity contribution in [3.05, 3.63) is 83.2 Å². The molecule has 5 aromatic rings. The maximum Gasteiger partial charge on any atom is 0.330 e. The summed E-state index contributed by atoms with van der Waals surface area (Å²) in [6, 6.07) is 25.4. The van der Waals surface area contributed by atoms with Crippen molar-refractivity contribution < 1.29 is 33.4 Å². The van der Waals surface area contributed by atoms with Gasteiger partial charge in [0.25, 0.3) is 0 Å². The number of rotatable bonds is 2. The SMILES string of the molecule is Nc1[nH+]c2c(s1)Cc1cc(-c3ccccc3-c3cc4ccccc4o3)ccc1-2.[I-]. The Labute approximate surface area is 189 Å². The molecule has 2 aromatic heterocycles. The molecule has 0 unspecified atom stereocenters. The monoisotopic (exact) mass is 508 g/mol. The van der Waals surface area contributed by atoms with E-state index in [0.717, 1.165) is 33.8 Å². The first-order valence-electron chi connectivity index (χ1n) is 9.28. The van der Waals surface area contributed by atoms with Gasteiger partial charge in [0.15, 0.2) is 0 Å². The number of aromatic nitrogens is 1. The van der Waals surface area contributed by atoms with E-state index in [1.165, 1.54) is 32.8 Å². The van der Waals surface area contributed by atoms with Crippen LogP contribution in [0.4, 0.5) is 5.13 Å². The van der Waals surface area contributed by atoms with E-state index < -0.39 is 0 Å². The van der Waals surface area contributed by atoms with Crippen LogP contribution in [0.3, 0.4) is 0 Å². The Bertz CT molecular complexity index is 1340. The average Bonchev–Trinajstić information content (AvgIpc) is 3.39. The normalized spacial score (nSPS) is 11.9. The Morgan fingerprint density at radius 3 is 2.52 bits per heavy atom. The molecule has 2 heterocycles. The fourth-order valence-corrected chi connectivity index (χ4v) is 5.04. The Morgan fingerprint density at radius 2 is 1.66 bits per heavy atom. The van der Waals surface area contributed by atoms with Gasteiger partial charge in [0.1, 0.15) is 17.0 Å². The third kappa shape index (κ3) is 2.96. The Morgan fingerprint density at radius 1 is 0.862 bits per heavy atom. The number of fused-ring (bicyclic) bond motifs is 4. The summed E-state index contributed by atoms with van der Waals surface area (Å²) in [6.07, 6.45) is 0.934. The first-order chi connectivity index (χ1) is 13.8. The number of H-pyrrole nitrogens is 1. The average molecular weight is 508 g/mol.